The third kappa shape index (κ3) is 5.18. The Labute approximate surface area is 184 Å². The number of aryl methyl sites for hydroxylation is 1. The van der Waals surface area contributed by atoms with Gasteiger partial charge in [0.1, 0.15) is 16.4 Å². The Morgan fingerprint density at radius 3 is 2.61 bits per heavy atom. The molecule has 2 heterocycles. The van der Waals surface area contributed by atoms with Gasteiger partial charge in [-0.25, -0.2) is 9.18 Å². The number of hydrogen-bond acceptors (Lipinski definition) is 6. The number of carbonyl (C=O) groups is 2. The molecule has 0 radical (unpaired) electrons. The molecule has 0 atom stereocenters. The lowest BCUT2D eigenvalue weighted by atomic mass is 10.0. The number of amides is 1. The fraction of sp³-hybridized carbons (Fsp3) is 0.318. The lowest BCUT2D eigenvalue weighted by Crippen LogP contribution is -2.30. The molecule has 3 aromatic rings. The van der Waals surface area contributed by atoms with E-state index in [0.29, 0.717) is 22.7 Å². The van der Waals surface area contributed by atoms with E-state index in [-0.39, 0.29) is 23.8 Å². The molecule has 7 nitrogen and oxygen atoms in total. The lowest BCUT2D eigenvalue weighted by molar-refractivity contribution is -0.117. The minimum absolute atomic E-state index is 0.140. The molecule has 0 saturated carbocycles. The third-order valence-corrected chi connectivity index (χ3v) is 5.84. The molecule has 9 heteroatoms. The van der Waals surface area contributed by atoms with E-state index < -0.39 is 5.97 Å². The number of nitrogens with one attached hydrogen (secondary N) is 1. The molecule has 0 fully saturated rings. The number of likely N-dealkylation sites (N-methyl/N-ethyl adjacent to an activating group) is 1. The summed E-state index contributed by atoms with van der Waals surface area (Å²) in [5, 5.41) is 9.30. The Bertz CT molecular complexity index is 1080. The van der Waals surface area contributed by atoms with Gasteiger partial charge < -0.3 is 10.1 Å². The number of anilines is 1. The van der Waals surface area contributed by atoms with E-state index in [4.69, 9.17) is 4.74 Å². The van der Waals surface area contributed by atoms with Crippen molar-refractivity contribution in [1.82, 2.24) is 14.7 Å². The number of nitrogens with zero attached hydrogens (tertiary/aromatic N) is 3. The van der Waals surface area contributed by atoms with E-state index in [1.54, 1.807) is 17.5 Å². The van der Waals surface area contributed by atoms with Crippen LogP contribution in [0.4, 0.5) is 9.39 Å². The summed E-state index contributed by atoms with van der Waals surface area (Å²) in [6, 6.07) is 5.82. The zero-order valence-corrected chi connectivity index (χ0v) is 18.8. The predicted octanol–water partition coefficient (Wildman–Crippen LogP) is 3.94. The molecule has 1 N–H and O–H groups in total. The van der Waals surface area contributed by atoms with Crippen LogP contribution in [0.3, 0.4) is 0 Å². The number of methoxy groups -OCH3 is 1. The Hall–Kier alpha value is -3.04. The number of esters is 1. The second kappa shape index (κ2) is 9.84. The van der Waals surface area contributed by atoms with Crippen molar-refractivity contribution in [3.63, 3.8) is 0 Å². The van der Waals surface area contributed by atoms with Crippen LogP contribution in [0.5, 0.6) is 0 Å². The summed E-state index contributed by atoms with van der Waals surface area (Å²) in [4.78, 5) is 26.9. The maximum atomic E-state index is 13.3. The molecule has 0 spiro atoms. The van der Waals surface area contributed by atoms with Gasteiger partial charge in [-0.1, -0.05) is 12.1 Å². The smallest absolute Gasteiger partial charge is 0.341 e. The van der Waals surface area contributed by atoms with Gasteiger partial charge in [0.25, 0.3) is 0 Å². The van der Waals surface area contributed by atoms with Gasteiger partial charge in [0.15, 0.2) is 0 Å². The molecule has 0 aliphatic heterocycles. The third-order valence-electron chi connectivity index (χ3n) is 4.95. The van der Waals surface area contributed by atoms with Crippen molar-refractivity contribution in [2.45, 2.75) is 26.9 Å². The van der Waals surface area contributed by atoms with E-state index in [1.807, 2.05) is 36.7 Å². The van der Waals surface area contributed by atoms with Crippen LogP contribution in [0, 0.1) is 12.7 Å². The van der Waals surface area contributed by atoms with Crippen LogP contribution in [0.2, 0.25) is 0 Å². The number of halogens is 1. The molecule has 164 valence electrons. The first-order chi connectivity index (χ1) is 14.8. The molecule has 31 heavy (non-hydrogen) atoms. The number of rotatable bonds is 8. The standard InChI is InChI=1S/C22H25FN4O3S/c1-5-27-14(2)16(10-24-27)11-26(3)12-19(28)25-21-20(22(29)30-4)18(13-31-21)15-6-8-17(23)9-7-15/h6-10,13H,5,11-12H2,1-4H3,(H,25,28). The van der Waals surface area contributed by atoms with Crippen LogP contribution in [-0.2, 0) is 22.6 Å². The summed E-state index contributed by atoms with van der Waals surface area (Å²) in [5.74, 6) is -1.18. The van der Waals surface area contributed by atoms with E-state index in [2.05, 4.69) is 10.4 Å². The minimum Gasteiger partial charge on any atom is -0.465 e. The average Bonchev–Trinajstić information content (AvgIpc) is 3.31. The molecule has 1 amide bonds. The fourth-order valence-corrected chi connectivity index (χ4v) is 4.29. The monoisotopic (exact) mass is 444 g/mol. The molecule has 1 aromatic carbocycles. The first-order valence-corrected chi connectivity index (χ1v) is 10.7. The van der Waals surface area contributed by atoms with E-state index in [9.17, 15) is 14.0 Å². The summed E-state index contributed by atoms with van der Waals surface area (Å²) in [6.07, 6.45) is 1.82. The van der Waals surface area contributed by atoms with E-state index in [0.717, 1.165) is 17.8 Å². The zero-order valence-electron chi connectivity index (χ0n) is 17.9. The first-order valence-electron chi connectivity index (χ1n) is 9.79. The van der Waals surface area contributed by atoms with Crippen molar-refractivity contribution < 1.29 is 18.7 Å². The summed E-state index contributed by atoms with van der Waals surface area (Å²) in [7, 11) is 3.13. The van der Waals surface area contributed by atoms with Crippen LogP contribution in [0.15, 0.2) is 35.8 Å². The topological polar surface area (TPSA) is 76.5 Å². The zero-order chi connectivity index (χ0) is 22.5. The number of hydrogen-bond donors (Lipinski definition) is 1. The maximum Gasteiger partial charge on any atom is 0.341 e. The minimum atomic E-state index is -0.563. The number of ether oxygens (including phenoxy) is 1. The van der Waals surface area contributed by atoms with Gasteiger partial charge in [-0.15, -0.1) is 11.3 Å². The van der Waals surface area contributed by atoms with Crippen molar-refractivity contribution in [2.24, 2.45) is 0 Å². The Morgan fingerprint density at radius 2 is 2.00 bits per heavy atom. The quantitative estimate of drug-likeness (QED) is 0.533. The van der Waals surface area contributed by atoms with Gasteiger partial charge in [0.05, 0.1) is 19.9 Å². The molecular weight excluding hydrogens is 419 g/mol. The summed E-state index contributed by atoms with van der Waals surface area (Å²) in [5.41, 5.74) is 3.64. The first kappa shape index (κ1) is 22.6. The van der Waals surface area contributed by atoms with Gasteiger partial charge in [-0.3, -0.25) is 14.4 Å². The summed E-state index contributed by atoms with van der Waals surface area (Å²) in [6.45, 7) is 5.54. The predicted molar refractivity (Wildman–Crippen MR) is 119 cm³/mol. The second-order valence-corrected chi connectivity index (χ2v) is 8.02. The van der Waals surface area contributed by atoms with Crippen molar-refractivity contribution >= 4 is 28.2 Å². The number of benzene rings is 1. The van der Waals surface area contributed by atoms with Gasteiger partial charge >= 0.3 is 5.97 Å². The molecule has 0 saturated heterocycles. The van der Waals surface area contributed by atoms with Crippen LogP contribution in [-0.4, -0.2) is 47.3 Å². The lowest BCUT2D eigenvalue weighted by Gasteiger charge is -2.16. The summed E-state index contributed by atoms with van der Waals surface area (Å²) >= 11 is 1.23. The van der Waals surface area contributed by atoms with Gasteiger partial charge in [0.2, 0.25) is 5.91 Å². The SMILES string of the molecule is CCn1ncc(CN(C)CC(=O)Nc2scc(-c3ccc(F)cc3)c2C(=O)OC)c1C. The van der Waals surface area contributed by atoms with Gasteiger partial charge in [-0.05, 0) is 38.6 Å². The molecule has 0 aliphatic carbocycles. The number of carbonyl (C=O) groups excluding carboxylic acids is 2. The Morgan fingerprint density at radius 1 is 1.29 bits per heavy atom. The maximum absolute atomic E-state index is 13.3. The van der Waals surface area contributed by atoms with Crippen molar-refractivity contribution in [3.8, 4) is 11.1 Å². The molecule has 0 aliphatic rings. The van der Waals surface area contributed by atoms with Crippen molar-refractivity contribution in [2.75, 3.05) is 26.0 Å². The molecule has 0 bridgehead atoms. The van der Waals surface area contributed by atoms with E-state index in [1.165, 1.54) is 30.6 Å². The number of thiophene rings is 1. The average molecular weight is 445 g/mol. The highest BCUT2D eigenvalue weighted by molar-refractivity contribution is 7.15. The molecule has 0 unspecified atom stereocenters. The van der Waals surface area contributed by atoms with Crippen molar-refractivity contribution in [1.29, 1.82) is 0 Å². The van der Waals surface area contributed by atoms with Gasteiger partial charge in [-0.2, -0.15) is 5.10 Å². The Kier molecular flexibility index (Phi) is 7.19. The highest BCUT2D eigenvalue weighted by atomic mass is 32.1. The second-order valence-electron chi connectivity index (χ2n) is 7.14. The van der Waals surface area contributed by atoms with Crippen molar-refractivity contribution in [3.05, 3.63) is 58.5 Å². The summed E-state index contributed by atoms with van der Waals surface area (Å²) < 4.78 is 20.1. The highest BCUT2D eigenvalue weighted by Gasteiger charge is 2.23. The molecule has 3 rings (SSSR count). The van der Waals surface area contributed by atoms with Crippen LogP contribution in [0.25, 0.3) is 11.1 Å². The highest BCUT2D eigenvalue weighted by Crippen LogP contribution is 2.36. The van der Waals surface area contributed by atoms with E-state index >= 15 is 0 Å². The van der Waals surface area contributed by atoms with Gasteiger partial charge in [0, 0.05) is 35.3 Å². The normalized spacial score (nSPS) is 11.0. The Balaban J connectivity index is 1.73. The largest absolute Gasteiger partial charge is 0.465 e. The molecular formula is C22H25FN4O3S. The van der Waals surface area contributed by atoms with Crippen LogP contribution >= 0.6 is 11.3 Å². The fourth-order valence-electron chi connectivity index (χ4n) is 3.31. The number of aromatic nitrogens is 2. The van der Waals surface area contributed by atoms with Crippen LogP contribution in [0.1, 0.15) is 28.5 Å². The van der Waals surface area contributed by atoms with Crippen LogP contribution < -0.4 is 5.32 Å². The molecule has 2 aromatic heterocycles.